The average molecular weight is 296 g/mol. The molecule has 0 fully saturated rings. The SMILES string of the molecule is CC(NCc1cccs1)(C(N)=O)c1cc(F)cc(F)c1. The Balaban J connectivity index is 2.30. The van der Waals surface area contributed by atoms with Crippen molar-refractivity contribution in [3.8, 4) is 0 Å². The Morgan fingerprint density at radius 3 is 2.50 bits per heavy atom. The Morgan fingerprint density at radius 1 is 1.35 bits per heavy atom. The Labute approximate surface area is 119 Å². The molecule has 1 heterocycles. The summed E-state index contributed by atoms with van der Waals surface area (Å²) in [5.41, 5.74) is 4.23. The lowest BCUT2D eigenvalue weighted by Gasteiger charge is -2.28. The maximum atomic E-state index is 13.3. The van der Waals surface area contributed by atoms with Crippen LogP contribution in [0.2, 0.25) is 0 Å². The van der Waals surface area contributed by atoms with Crippen molar-refractivity contribution < 1.29 is 13.6 Å². The highest BCUT2D eigenvalue weighted by Gasteiger charge is 2.33. The zero-order valence-corrected chi connectivity index (χ0v) is 11.6. The lowest BCUT2D eigenvalue weighted by molar-refractivity contribution is -0.124. The van der Waals surface area contributed by atoms with Gasteiger partial charge in [0.25, 0.3) is 0 Å². The van der Waals surface area contributed by atoms with E-state index >= 15 is 0 Å². The molecule has 20 heavy (non-hydrogen) atoms. The van der Waals surface area contributed by atoms with Gasteiger partial charge in [-0.3, -0.25) is 10.1 Å². The van der Waals surface area contributed by atoms with Crippen molar-refractivity contribution >= 4 is 17.2 Å². The second-order valence-electron chi connectivity index (χ2n) is 4.58. The first-order valence-corrected chi connectivity index (χ1v) is 6.83. The van der Waals surface area contributed by atoms with Crippen LogP contribution in [-0.2, 0) is 16.9 Å². The summed E-state index contributed by atoms with van der Waals surface area (Å²) in [7, 11) is 0. The Hall–Kier alpha value is -1.79. The van der Waals surface area contributed by atoms with Crippen LogP contribution in [0, 0.1) is 11.6 Å². The van der Waals surface area contributed by atoms with Crippen LogP contribution >= 0.6 is 11.3 Å². The smallest absolute Gasteiger partial charge is 0.242 e. The number of rotatable bonds is 5. The third-order valence-electron chi connectivity index (χ3n) is 3.13. The fourth-order valence-corrected chi connectivity index (χ4v) is 2.50. The highest BCUT2D eigenvalue weighted by Crippen LogP contribution is 2.24. The Bertz CT molecular complexity index is 595. The molecule has 1 amide bonds. The number of halogens is 2. The quantitative estimate of drug-likeness (QED) is 0.891. The van der Waals surface area contributed by atoms with Crippen LogP contribution in [0.15, 0.2) is 35.7 Å². The van der Waals surface area contributed by atoms with Gasteiger partial charge in [0.2, 0.25) is 5.91 Å². The number of benzene rings is 1. The zero-order valence-electron chi connectivity index (χ0n) is 10.8. The van der Waals surface area contributed by atoms with Crippen molar-refractivity contribution in [3.63, 3.8) is 0 Å². The normalized spacial score (nSPS) is 13.9. The molecule has 0 saturated heterocycles. The molecule has 2 rings (SSSR count). The Morgan fingerprint density at radius 2 is 2.00 bits per heavy atom. The number of thiophene rings is 1. The third kappa shape index (κ3) is 3.02. The molecular formula is C14H14F2N2OS. The fourth-order valence-electron chi connectivity index (χ4n) is 1.85. The topological polar surface area (TPSA) is 55.1 Å². The number of amides is 1. The van der Waals surface area contributed by atoms with E-state index in [1.807, 2.05) is 17.5 Å². The van der Waals surface area contributed by atoms with Gasteiger partial charge in [-0.15, -0.1) is 11.3 Å². The summed E-state index contributed by atoms with van der Waals surface area (Å²) in [6, 6.07) is 6.74. The molecule has 1 atom stereocenters. The van der Waals surface area contributed by atoms with Gasteiger partial charge in [-0.2, -0.15) is 0 Å². The number of hydrogen-bond donors (Lipinski definition) is 2. The second kappa shape index (κ2) is 5.68. The highest BCUT2D eigenvalue weighted by molar-refractivity contribution is 7.09. The number of primary amides is 1. The van der Waals surface area contributed by atoms with E-state index in [1.165, 1.54) is 18.3 Å². The second-order valence-corrected chi connectivity index (χ2v) is 5.61. The first-order chi connectivity index (χ1) is 9.41. The predicted molar refractivity (Wildman–Crippen MR) is 74.1 cm³/mol. The van der Waals surface area contributed by atoms with Crippen molar-refractivity contribution in [3.05, 3.63) is 57.8 Å². The van der Waals surface area contributed by atoms with Gasteiger partial charge in [0, 0.05) is 17.5 Å². The molecule has 0 bridgehead atoms. The number of hydrogen-bond acceptors (Lipinski definition) is 3. The lowest BCUT2D eigenvalue weighted by atomic mass is 9.91. The minimum atomic E-state index is -1.34. The van der Waals surface area contributed by atoms with Gasteiger partial charge in [-0.25, -0.2) is 8.78 Å². The van der Waals surface area contributed by atoms with Crippen molar-refractivity contribution in [2.75, 3.05) is 0 Å². The molecule has 1 aromatic carbocycles. The van der Waals surface area contributed by atoms with E-state index in [4.69, 9.17) is 5.73 Å². The minimum absolute atomic E-state index is 0.166. The number of nitrogens with two attached hydrogens (primary N) is 1. The molecule has 1 unspecified atom stereocenters. The minimum Gasteiger partial charge on any atom is -0.368 e. The summed E-state index contributed by atoms with van der Waals surface area (Å²) in [4.78, 5) is 12.7. The summed E-state index contributed by atoms with van der Waals surface area (Å²) in [6.45, 7) is 1.90. The largest absolute Gasteiger partial charge is 0.368 e. The molecule has 0 aliphatic carbocycles. The molecule has 0 spiro atoms. The van der Waals surface area contributed by atoms with Crippen LogP contribution < -0.4 is 11.1 Å². The first kappa shape index (κ1) is 14.6. The predicted octanol–water partition coefficient (Wildman–Crippen LogP) is 2.52. The van der Waals surface area contributed by atoms with Gasteiger partial charge in [0.15, 0.2) is 0 Å². The summed E-state index contributed by atoms with van der Waals surface area (Å²) in [5, 5.41) is 4.87. The van der Waals surface area contributed by atoms with E-state index in [0.717, 1.165) is 23.1 Å². The first-order valence-electron chi connectivity index (χ1n) is 5.96. The summed E-state index contributed by atoms with van der Waals surface area (Å²) in [5.74, 6) is -2.19. The maximum absolute atomic E-state index is 13.3. The molecular weight excluding hydrogens is 282 g/mol. The lowest BCUT2D eigenvalue weighted by Crippen LogP contribution is -2.50. The van der Waals surface area contributed by atoms with Gasteiger partial charge in [0.05, 0.1) is 0 Å². The number of carbonyl (C=O) groups excluding carboxylic acids is 1. The summed E-state index contributed by atoms with van der Waals surface area (Å²) < 4.78 is 26.6. The van der Waals surface area contributed by atoms with Gasteiger partial charge in [-0.05, 0) is 36.1 Å². The van der Waals surface area contributed by atoms with Crippen LogP contribution in [-0.4, -0.2) is 5.91 Å². The number of nitrogens with one attached hydrogen (secondary N) is 1. The van der Waals surface area contributed by atoms with Gasteiger partial charge < -0.3 is 5.73 Å². The van der Waals surface area contributed by atoms with Crippen LogP contribution in [0.1, 0.15) is 17.4 Å². The fraction of sp³-hybridized carbons (Fsp3) is 0.214. The van der Waals surface area contributed by atoms with E-state index in [-0.39, 0.29) is 5.56 Å². The van der Waals surface area contributed by atoms with E-state index < -0.39 is 23.1 Å². The molecule has 3 N–H and O–H groups in total. The molecule has 0 aliphatic rings. The molecule has 106 valence electrons. The van der Waals surface area contributed by atoms with E-state index in [1.54, 1.807) is 0 Å². The van der Waals surface area contributed by atoms with E-state index in [2.05, 4.69) is 5.32 Å². The van der Waals surface area contributed by atoms with Crippen molar-refractivity contribution in [2.45, 2.75) is 19.0 Å². The Kier molecular flexibility index (Phi) is 4.15. The molecule has 0 aliphatic heterocycles. The van der Waals surface area contributed by atoms with Crippen molar-refractivity contribution in [1.82, 2.24) is 5.32 Å². The third-order valence-corrected chi connectivity index (χ3v) is 4.01. The molecule has 0 radical (unpaired) electrons. The van der Waals surface area contributed by atoms with Crippen LogP contribution in [0.3, 0.4) is 0 Å². The molecule has 6 heteroatoms. The maximum Gasteiger partial charge on any atom is 0.242 e. The molecule has 2 aromatic rings. The van der Waals surface area contributed by atoms with Crippen LogP contribution in [0.5, 0.6) is 0 Å². The molecule has 1 aromatic heterocycles. The summed E-state index contributed by atoms with van der Waals surface area (Å²) >= 11 is 1.51. The van der Waals surface area contributed by atoms with Gasteiger partial charge in [-0.1, -0.05) is 6.07 Å². The molecule has 3 nitrogen and oxygen atoms in total. The summed E-state index contributed by atoms with van der Waals surface area (Å²) in [6.07, 6.45) is 0. The number of carbonyl (C=O) groups is 1. The standard InChI is InChI=1S/C14H14F2N2OS/c1-14(13(17)19,18-8-12-3-2-4-20-12)9-5-10(15)7-11(16)6-9/h2-7,18H,8H2,1H3,(H2,17,19). The van der Waals surface area contributed by atoms with Gasteiger partial charge >= 0.3 is 0 Å². The monoisotopic (exact) mass is 296 g/mol. The van der Waals surface area contributed by atoms with Crippen molar-refractivity contribution in [2.24, 2.45) is 5.73 Å². The van der Waals surface area contributed by atoms with Gasteiger partial charge in [0.1, 0.15) is 17.2 Å². The van der Waals surface area contributed by atoms with Crippen LogP contribution in [0.25, 0.3) is 0 Å². The van der Waals surface area contributed by atoms with E-state index in [0.29, 0.717) is 6.54 Å². The van der Waals surface area contributed by atoms with Crippen molar-refractivity contribution in [1.29, 1.82) is 0 Å². The van der Waals surface area contributed by atoms with Crippen LogP contribution in [0.4, 0.5) is 8.78 Å². The average Bonchev–Trinajstić information content (AvgIpc) is 2.87. The zero-order chi connectivity index (χ0) is 14.8. The highest BCUT2D eigenvalue weighted by atomic mass is 32.1. The molecule has 0 saturated carbocycles. The van der Waals surface area contributed by atoms with E-state index in [9.17, 15) is 13.6 Å².